The Morgan fingerprint density at radius 2 is 1.00 bits per heavy atom. The van der Waals surface area contributed by atoms with Crippen LogP contribution in [0.4, 0.5) is 0 Å². The van der Waals surface area contributed by atoms with Crippen LogP contribution in [0.2, 0.25) is 0 Å². The highest BCUT2D eigenvalue weighted by Gasteiger charge is 2.57. The fraction of sp³-hybridized carbons (Fsp3) is 0.211. The van der Waals surface area contributed by atoms with E-state index in [0.717, 1.165) is 44.3 Å². The Bertz CT molecular complexity index is 3530. The minimum absolute atomic E-state index is 0.0282. The number of rotatable bonds is 4. The van der Waals surface area contributed by atoms with Gasteiger partial charge in [0.15, 0.2) is 17.5 Å². The molecule has 3 aromatic heterocycles. The number of benzene rings is 7. The molecule has 0 unspecified atom stereocenters. The Balaban J connectivity index is 1.12. The van der Waals surface area contributed by atoms with Crippen molar-refractivity contribution in [2.24, 2.45) is 5.41 Å². The van der Waals surface area contributed by atoms with E-state index in [1.165, 1.54) is 55.2 Å². The molecule has 0 amide bonds. The first-order valence-corrected chi connectivity index (χ1v) is 21.9. The van der Waals surface area contributed by atoms with E-state index < -0.39 is 0 Å². The second kappa shape index (κ2) is 12.4. The molecule has 12 rings (SSSR count). The molecule has 2 aliphatic rings. The fourth-order valence-electron chi connectivity index (χ4n) is 11.1. The van der Waals surface area contributed by atoms with Crippen LogP contribution in [0.15, 0.2) is 150 Å². The molecule has 3 heterocycles. The second-order valence-corrected chi connectivity index (χ2v) is 19.7. The molecule has 0 fully saturated rings. The van der Waals surface area contributed by atoms with E-state index in [4.69, 9.17) is 19.4 Å². The van der Waals surface area contributed by atoms with Gasteiger partial charge in [-0.05, 0) is 98.2 Å². The molecule has 2 aliphatic carbocycles. The van der Waals surface area contributed by atoms with E-state index >= 15 is 0 Å². The van der Waals surface area contributed by atoms with E-state index in [1.807, 2.05) is 48.5 Å². The van der Waals surface area contributed by atoms with Crippen molar-refractivity contribution in [3.05, 3.63) is 168 Å². The topological polar surface area (TPSA) is 56.7 Å². The molecule has 5 nitrogen and oxygen atoms in total. The molecule has 0 saturated heterocycles. The molecule has 0 N–H and O–H groups in total. The highest BCUT2D eigenvalue weighted by Crippen LogP contribution is 2.62. The summed E-state index contributed by atoms with van der Waals surface area (Å²) < 4.78 is 8.82. The molecule has 0 bridgehead atoms. The van der Waals surface area contributed by atoms with Gasteiger partial charge in [-0.1, -0.05) is 152 Å². The molecule has 0 aliphatic heterocycles. The number of hydrogen-bond donors (Lipinski definition) is 0. The quantitative estimate of drug-likeness (QED) is 0.178. The minimum Gasteiger partial charge on any atom is -0.456 e. The fourth-order valence-corrected chi connectivity index (χ4v) is 11.1. The van der Waals surface area contributed by atoms with Crippen LogP contribution in [-0.4, -0.2) is 19.5 Å². The van der Waals surface area contributed by atoms with Gasteiger partial charge in [0.1, 0.15) is 11.2 Å². The van der Waals surface area contributed by atoms with E-state index in [2.05, 4.69) is 157 Å². The highest BCUT2D eigenvalue weighted by molar-refractivity contribution is 6.13. The first-order valence-electron chi connectivity index (χ1n) is 21.9. The third-order valence-corrected chi connectivity index (χ3v) is 15.8. The molecular formula is C57H48N4O. The van der Waals surface area contributed by atoms with Gasteiger partial charge in [-0.25, -0.2) is 15.0 Å². The smallest absolute Gasteiger partial charge is 0.164 e. The van der Waals surface area contributed by atoms with E-state index in [-0.39, 0.29) is 21.7 Å². The molecule has 302 valence electrons. The summed E-state index contributed by atoms with van der Waals surface area (Å²) in [6.45, 7) is 19.4. The van der Waals surface area contributed by atoms with Crippen LogP contribution in [0.25, 0.3) is 94.7 Å². The number of hydrogen-bond acceptors (Lipinski definition) is 4. The lowest BCUT2D eigenvalue weighted by molar-refractivity contribution is 0.125. The summed E-state index contributed by atoms with van der Waals surface area (Å²) in [7, 11) is 0. The van der Waals surface area contributed by atoms with Crippen molar-refractivity contribution in [1.29, 1.82) is 0 Å². The Kier molecular flexibility index (Phi) is 7.38. The lowest BCUT2D eigenvalue weighted by Gasteiger charge is -2.44. The number of furan rings is 1. The van der Waals surface area contributed by atoms with Gasteiger partial charge < -0.3 is 8.98 Å². The summed E-state index contributed by atoms with van der Waals surface area (Å²) in [5.74, 6) is 1.84. The van der Waals surface area contributed by atoms with Crippen LogP contribution in [-0.2, 0) is 16.2 Å². The molecule has 0 radical (unpaired) electrons. The van der Waals surface area contributed by atoms with Gasteiger partial charge in [0.2, 0.25) is 0 Å². The molecule has 0 atom stereocenters. The summed E-state index contributed by atoms with van der Waals surface area (Å²) in [5.41, 5.74) is 16.0. The van der Waals surface area contributed by atoms with Gasteiger partial charge in [-0.2, -0.15) is 0 Å². The van der Waals surface area contributed by atoms with Gasteiger partial charge in [-0.3, -0.25) is 0 Å². The average molecular weight is 805 g/mol. The van der Waals surface area contributed by atoms with Gasteiger partial charge in [-0.15, -0.1) is 0 Å². The Morgan fingerprint density at radius 1 is 0.419 bits per heavy atom. The molecule has 62 heavy (non-hydrogen) atoms. The van der Waals surface area contributed by atoms with Crippen LogP contribution >= 0.6 is 0 Å². The molecule has 0 spiro atoms. The van der Waals surface area contributed by atoms with E-state index in [1.54, 1.807) is 0 Å². The first kappa shape index (κ1) is 37.0. The van der Waals surface area contributed by atoms with Crippen molar-refractivity contribution in [1.82, 2.24) is 19.5 Å². The number of aromatic nitrogens is 4. The summed E-state index contributed by atoms with van der Waals surface area (Å²) in [5, 5.41) is 4.59. The monoisotopic (exact) mass is 804 g/mol. The Morgan fingerprint density at radius 3 is 1.79 bits per heavy atom. The average Bonchev–Trinajstić information content (AvgIpc) is 3.92. The number of fused-ring (bicyclic) bond motifs is 10. The number of nitrogens with zero attached hydrogens (tertiary/aromatic N) is 4. The second-order valence-electron chi connectivity index (χ2n) is 19.7. The third-order valence-electron chi connectivity index (χ3n) is 15.8. The largest absolute Gasteiger partial charge is 0.456 e. The Labute approximate surface area is 362 Å². The van der Waals surface area contributed by atoms with Crippen LogP contribution in [0.3, 0.4) is 0 Å². The zero-order valence-electron chi connectivity index (χ0n) is 36.6. The van der Waals surface area contributed by atoms with Gasteiger partial charge in [0, 0.05) is 49.3 Å². The highest BCUT2D eigenvalue weighted by atomic mass is 16.3. The molecule has 5 heteroatoms. The number of para-hydroxylation sites is 1. The molecule has 10 aromatic rings. The Hall–Kier alpha value is -6.85. The minimum atomic E-state index is -0.142. The standard InChI is InChI=1S/C57H48N4O/c1-54(2)42-25-14-12-22-36(42)39-29-40-41-30-44-45(56(5,6)57(7,8)55(44,3)4)32-47(41)61(46(40)31-43(39)54)35-21-16-20-34(28-35)52-58-51(33-18-10-9-11-19-33)59-53(60-52)38-24-17-27-49-50(38)37-23-13-15-26-48(37)62-49/h9-32H,1-8H3. The van der Waals surface area contributed by atoms with Crippen LogP contribution in [0.1, 0.15) is 77.6 Å². The summed E-state index contributed by atoms with van der Waals surface area (Å²) in [6.07, 6.45) is 0. The molecule has 7 aromatic carbocycles. The normalized spacial score (nSPS) is 16.6. The SMILES string of the molecule is CC1(C)c2ccccc2-c2cc3c4cc5c(cc4n(-c4cccc(-c6nc(-c7ccccc7)nc(-c7cccc8oc9ccccc9c78)n6)c4)c3cc21)C(C)(C)C(C)(C)C5(C)C. The lowest BCUT2D eigenvalue weighted by atomic mass is 9.59. The maximum Gasteiger partial charge on any atom is 0.164 e. The van der Waals surface area contributed by atoms with Crippen molar-refractivity contribution in [2.75, 3.05) is 0 Å². The van der Waals surface area contributed by atoms with E-state index in [9.17, 15) is 0 Å². The van der Waals surface area contributed by atoms with Crippen molar-refractivity contribution in [3.63, 3.8) is 0 Å². The van der Waals surface area contributed by atoms with Crippen molar-refractivity contribution in [2.45, 2.75) is 71.6 Å². The molecular weight excluding hydrogens is 757 g/mol. The summed E-state index contributed by atoms with van der Waals surface area (Å²) in [4.78, 5) is 15.7. The van der Waals surface area contributed by atoms with Gasteiger partial charge >= 0.3 is 0 Å². The maximum absolute atomic E-state index is 6.32. The first-order chi connectivity index (χ1) is 29.8. The predicted molar refractivity (Wildman–Crippen MR) is 255 cm³/mol. The van der Waals surface area contributed by atoms with Crippen molar-refractivity contribution >= 4 is 43.7 Å². The van der Waals surface area contributed by atoms with Crippen molar-refractivity contribution in [3.8, 4) is 51.0 Å². The summed E-state index contributed by atoms with van der Waals surface area (Å²) in [6, 6.07) is 52.2. The third kappa shape index (κ3) is 4.82. The van der Waals surface area contributed by atoms with Gasteiger partial charge in [0.05, 0.1) is 11.0 Å². The lowest BCUT2D eigenvalue weighted by Crippen LogP contribution is -2.42. The van der Waals surface area contributed by atoms with Gasteiger partial charge in [0.25, 0.3) is 0 Å². The van der Waals surface area contributed by atoms with Crippen LogP contribution in [0.5, 0.6) is 0 Å². The summed E-state index contributed by atoms with van der Waals surface area (Å²) >= 11 is 0. The van der Waals surface area contributed by atoms with Crippen LogP contribution < -0.4 is 0 Å². The predicted octanol–water partition coefficient (Wildman–Crippen LogP) is 14.8. The molecule has 0 saturated carbocycles. The maximum atomic E-state index is 6.32. The zero-order valence-corrected chi connectivity index (χ0v) is 36.6. The zero-order chi connectivity index (χ0) is 42.5. The van der Waals surface area contributed by atoms with Crippen molar-refractivity contribution < 1.29 is 4.42 Å². The van der Waals surface area contributed by atoms with E-state index in [0.29, 0.717) is 17.5 Å². The van der Waals surface area contributed by atoms with Crippen LogP contribution in [0, 0.1) is 5.41 Å².